The summed E-state index contributed by atoms with van der Waals surface area (Å²) in [5.41, 5.74) is 1.74. The maximum Gasteiger partial charge on any atom is 0.274 e. The van der Waals surface area contributed by atoms with Crippen LogP contribution in [0.1, 0.15) is 23.1 Å². The van der Waals surface area contributed by atoms with Crippen LogP contribution in [0.4, 0.5) is 0 Å². The Hall–Kier alpha value is -2.21. The zero-order valence-corrected chi connectivity index (χ0v) is 11.8. The van der Waals surface area contributed by atoms with Crippen molar-refractivity contribution in [2.75, 3.05) is 13.7 Å². The van der Waals surface area contributed by atoms with Crippen LogP contribution in [-0.4, -0.2) is 40.7 Å². The number of amides is 1. The molecule has 0 bridgehead atoms. The SMILES string of the molecule is COC[C@H](C)NC(=O)c1nn(-c2ccccc2)nc1C. The van der Waals surface area contributed by atoms with Crippen LogP contribution in [0.5, 0.6) is 0 Å². The van der Waals surface area contributed by atoms with Crippen molar-refractivity contribution < 1.29 is 9.53 Å². The summed E-state index contributed by atoms with van der Waals surface area (Å²) in [6.45, 7) is 4.10. The number of carbonyl (C=O) groups is 1. The quantitative estimate of drug-likeness (QED) is 0.893. The molecule has 1 N–H and O–H groups in total. The molecule has 1 aromatic heterocycles. The topological polar surface area (TPSA) is 69.0 Å². The fraction of sp³-hybridized carbons (Fsp3) is 0.357. The van der Waals surface area contributed by atoms with Gasteiger partial charge in [0, 0.05) is 13.2 Å². The fourth-order valence-electron chi connectivity index (χ4n) is 1.85. The number of benzene rings is 1. The zero-order valence-electron chi connectivity index (χ0n) is 11.8. The van der Waals surface area contributed by atoms with E-state index in [1.54, 1.807) is 14.0 Å². The van der Waals surface area contributed by atoms with E-state index in [1.165, 1.54) is 4.80 Å². The van der Waals surface area contributed by atoms with Gasteiger partial charge in [-0.15, -0.1) is 5.10 Å². The first-order chi connectivity index (χ1) is 9.61. The first-order valence-corrected chi connectivity index (χ1v) is 6.41. The summed E-state index contributed by atoms with van der Waals surface area (Å²) >= 11 is 0. The molecule has 0 fully saturated rings. The number of hydrogen-bond donors (Lipinski definition) is 1. The van der Waals surface area contributed by atoms with Crippen molar-refractivity contribution in [2.45, 2.75) is 19.9 Å². The Morgan fingerprint density at radius 1 is 1.35 bits per heavy atom. The number of hydrogen-bond acceptors (Lipinski definition) is 4. The van der Waals surface area contributed by atoms with Gasteiger partial charge in [0.1, 0.15) is 0 Å². The van der Waals surface area contributed by atoms with E-state index >= 15 is 0 Å². The lowest BCUT2D eigenvalue weighted by atomic mass is 10.3. The molecule has 106 valence electrons. The van der Waals surface area contributed by atoms with Crippen LogP contribution in [0, 0.1) is 6.92 Å². The molecule has 6 nitrogen and oxygen atoms in total. The maximum atomic E-state index is 12.1. The van der Waals surface area contributed by atoms with Crippen molar-refractivity contribution in [3.05, 3.63) is 41.7 Å². The Morgan fingerprint density at radius 2 is 2.05 bits per heavy atom. The van der Waals surface area contributed by atoms with Gasteiger partial charge in [0.15, 0.2) is 5.69 Å². The largest absolute Gasteiger partial charge is 0.383 e. The van der Waals surface area contributed by atoms with Crippen LogP contribution in [-0.2, 0) is 4.74 Å². The average molecular weight is 274 g/mol. The molecule has 1 heterocycles. The van der Waals surface area contributed by atoms with Gasteiger partial charge in [0.05, 0.1) is 18.0 Å². The molecule has 0 radical (unpaired) electrons. The summed E-state index contributed by atoms with van der Waals surface area (Å²) < 4.78 is 4.99. The van der Waals surface area contributed by atoms with Gasteiger partial charge in [0.25, 0.3) is 5.91 Å². The fourth-order valence-corrected chi connectivity index (χ4v) is 1.85. The molecule has 0 spiro atoms. The predicted molar refractivity (Wildman–Crippen MR) is 74.9 cm³/mol. The number of nitrogens with zero attached hydrogens (tertiary/aromatic N) is 3. The lowest BCUT2D eigenvalue weighted by Crippen LogP contribution is -2.36. The van der Waals surface area contributed by atoms with Crippen molar-refractivity contribution in [1.82, 2.24) is 20.3 Å². The van der Waals surface area contributed by atoms with Gasteiger partial charge in [-0.25, -0.2) is 0 Å². The minimum absolute atomic E-state index is 0.0752. The number of methoxy groups -OCH3 is 1. The lowest BCUT2D eigenvalue weighted by Gasteiger charge is -2.11. The molecule has 1 atom stereocenters. The number of rotatable bonds is 5. The van der Waals surface area contributed by atoms with Crippen molar-refractivity contribution in [3.63, 3.8) is 0 Å². The minimum atomic E-state index is -0.241. The third-order valence-electron chi connectivity index (χ3n) is 2.78. The van der Waals surface area contributed by atoms with Gasteiger partial charge in [-0.05, 0) is 26.0 Å². The highest BCUT2D eigenvalue weighted by molar-refractivity contribution is 5.93. The van der Waals surface area contributed by atoms with E-state index < -0.39 is 0 Å². The summed E-state index contributed by atoms with van der Waals surface area (Å²) in [6.07, 6.45) is 0. The van der Waals surface area contributed by atoms with Gasteiger partial charge >= 0.3 is 0 Å². The van der Waals surface area contributed by atoms with Crippen molar-refractivity contribution in [3.8, 4) is 5.69 Å². The van der Waals surface area contributed by atoms with Gasteiger partial charge in [-0.2, -0.15) is 9.90 Å². The summed E-state index contributed by atoms with van der Waals surface area (Å²) in [4.78, 5) is 13.6. The third kappa shape index (κ3) is 3.21. The highest BCUT2D eigenvalue weighted by Gasteiger charge is 2.17. The maximum absolute atomic E-state index is 12.1. The summed E-state index contributed by atoms with van der Waals surface area (Å²) in [7, 11) is 1.60. The zero-order chi connectivity index (χ0) is 14.5. The third-order valence-corrected chi connectivity index (χ3v) is 2.78. The summed E-state index contributed by atoms with van der Waals surface area (Å²) in [5.74, 6) is -0.241. The van der Waals surface area contributed by atoms with Crippen LogP contribution in [0.2, 0.25) is 0 Å². The van der Waals surface area contributed by atoms with Gasteiger partial charge in [-0.1, -0.05) is 18.2 Å². The van der Waals surface area contributed by atoms with Crippen molar-refractivity contribution >= 4 is 5.91 Å². The Labute approximate surface area is 117 Å². The number of aryl methyl sites for hydroxylation is 1. The van der Waals surface area contributed by atoms with Crippen LogP contribution in [0.25, 0.3) is 5.69 Å². The highest BCUT2D eigenvalue weighted by atomic mass is 16.5. The standard InChI is InChI=1S/C14H18N4O2/c1-10(9-20-3)15-14(19)13-11(2)16-18(17-13)12-7-5-4-6-8-12/h4-8,10H,9H2,1-3H3,(H,15,19)/t10-/m0/s1. The Kier molecular flexibility index (Phi) is 4.47. The van der Waals surface area contributed by atoms with E-state index in [4.69, 9.17) is 4.74 Å². The van der Waals surface area contributed by atoms with Crippen molar-refractivity contribution in [2.24, 2.45) is 0 Å². The van der Waals surface area contributed by atoms with Gasteiger partial charge < -0.3 is 10.1 Å². The Bertz CT molecular complexity index is 580. The first-order valence-electron chi connectivity index (χ1n) is 6.41. The van der Waals surface area contributed by atoms with E-state index in [9.17, 15) is 4.79 Å². The molecule has 1 aromatic carbocycles. The number of para-hydroxylation sites is 1. The predicted octanol–water partition coefficient (Wildman–Crippen LogP) is 1.34. The molecular weight excluding hydrogens is 256 g/mol. The van der Waals surface area contributed by atoms with Gasteiger partial charge in [-0.3, -0.25) is 4.79 Å². The van der Waals surface area contributed by atoms with Crippen LogP contribution < -0.4 is 5.32 Å². The number of nitrogens with one attached hydrogen (secondary N) is 1. The van der Waals surface area contributed by atoms with Crippen LogP contribution >= 0.6 is 0 Å². The molecular formula is C14H18N4O2. The highest BCUT2D eigenvalue weighted by Crippen LogP contribution is 2.08. The second kappa shape index (κ2) is 6.29. The molecule has 0 aliphatic carbocycles. The van der Waals surface area contributed by atoms with Crippen LogP contribution in [0.3, 0.4) is 0 Å². The van der Waals surface area contributed by atoms with E-state index in [2.05, 4.69) is 15.5 Å². The lowest BCUT2D eigenvalue weighted by molar-refractivity contribution is 0.0899. The first kappa shape index (κ1) is 14.2. The Balaban J connectivity index is 2.17. The number of aromatic nitrogens is 3. The normalized spacial score (nSPS) is 12.2. The smallest absolute Gasteiger partial charge is 0.274 e. The summed E-state index contributed by atoms with van der Waals surface area (Å²) in [6, 6.07) is 9.40. The molecule has 0 aliphatic rings. The molecule has 1 amide bonds. The molecule has 0 saturated heterocycles. The van der Waals surface area contributed by atoms with E-state index in [0.717, 1.165) is 5.69 Å². The average Bonchev–Trinajstić information content (AvgIpc) is 2.82. The molecule has 2 rings (SSSR count). The van der Waals surface area contributed by atoms with Crippen molar-refractivity contribution in [1.29, 1.82) is 0 Å². The molecule has 0 aliphatic heterocycles. The summed E-state index contributed by atoms with van der Waals surface area (Å²) in [5, 5.41) is 11.3. The second-order valence-corrected chi connectivity index (χ2v) is 4.59. The minimum Gasteiger partial charge on any atom is -0.383 e. The molecule has 0 unspecified atom stereocenters. The van der Waals surface area contributed by atoms with Crippen LogP contribution in [0.15, 0.2) is 30.3 Å². The second-order valence-electron chi connectivity index (χ2n) is 4.59. The van der Waals surface area contributed by atoms with E-state index in [1.807, 2.05) is 37.3 Å². The molecule has 2 aromatic rings. The van der Waals surface area contributed by atoms with E-state index in [-0.39, 0.29) is 11.9 Å². The number of ether oxygens (including phenoxy) is 1. The van der Waals surface area contributed by atoms with E-state index in [0.29, 0.717) is 18.0 Å². The molecule has 0 saturated carbocycles. The molecule has 6 heteroatoms. The number of carbonyl (C=O) groups excluding carboxylic acids is 1. The Morgan fingerprint density at radius 3 is 2.70 bits per heavy atom. The van der Waals surface area contributed by atoms with Gasteiger partial charge in [0.2, 0.25) is 0 Å². The molecule has 20 heavy (non-hydrogen) atoms. The monoisotopic (exact) mass is 274 g/mol.